The lowest BCUT2D eigenvalue weighted by Gasteiger charge is -2.39. The first-order chi connectivity index (χ1) is 16.5. The molecule has 3 aliphatic heterocycles. The van der Waals surface area contributed by atoms with Gasteiger partial charge >= 0.3 is 0 Å². The van der Waals surface area contributed by atoms with Crippen LogP contribution < -0.4 is 26.2 Å². The second kappa shape index (κ2) is 10.1. The first-order valence-corrected chi connectivity index (χ1v) is 12.6. The topological polar surface area (TPSA) is 90.7 Å². The zero-order valence-corrected chi connectivity index (χ0v) is 19.7. The van der Waals surface area contributed by atoms with Gasteiger partial charge in [-0.15, -0.1) is 0 Å². The van der Waals surface area contributed by atoms with Gasteiger partial charge in [-0.2, -0.15) is 0 Å². The van der Waals surface area contributed by atoms with Gasteiger partial charge in [0.25, 0.3) is 0 Å². The molecule has 180 valence electrons. The maximum Gasteiger partial charge on any atom is 0.234 e. The third-order valence-electron chi connectivity index (χ3n) is 7.62. The standard InChI is InChI=1S/C27H35N5O2/c28-20-3-7-24(8-4-20)32-17-13-22(14-18-32)29-21-11-15-31(16-12-21)23-5-1-19(2-6-23)25-9-10-26(33)30-27(25)34/h1-8,21-22,25,29H,9-18,28H2,(H,30,33,34). The van der Waals surface area contributed by atoms with Crippen LogP contribution in [-0.2, 0) is 9.59 Å². The molecule has 4 N–H and O–H groups in total. The Kier molecular flexibility index (Phi) is 6.72. The van der Waals surface area contributed by atoms with Crippen LogP contribution in [-0.4, -0.2) is 50.1 Å². The molecule has 0 saturated carbocycles. The van der Waals surface area contributed by atoms with E-state index < -0.39 is 0 Å². The second-order valence-corrected chi connectivity index (χ2v) is 9.88. The van der Waals surface area contributed by atoms with Gasteiger partial charge in [-0.25, -0.2) is 0 Å². The SMILES string of the molecule is Nc1ccc(N2CCC(NC3CCN(c4ccc(C5CCC(=O)NC5=O)cc4)CC3)CC2)cc1. The number of imide groups is 1. The number of nitrogen functional groups attached to an aromatic ring is 1. The number of hydrogen-bond acceptors (Lipinski definition) is 6. The molecular weight excluding hydrogens is 426 g/mol. The molecule has 2 aromatic carbocycles. The normalized spacial score (nSPS) is 22.6. The van der Waals surface area contributed by atoms with E-state index in [-0.39, 0.29) is 17.7 Å². The molecule has 3 heterocycles. The van der Waals surface area contributed by atoms with Gasteiger partial charge in [0.1, 0.15) is 0 Å². The molecule has 0 spiro atoms. The number of nitrogens with two attached hydrogens (primary N) is 1. The lowest BCUT2D eigenvalue weighted by molar-refractivity contribution is -0.134. The molecule has 3 saturated heterocycles. The first-order valence-electron chi connectivity index (χ1n) is 12.6. The highest BCUT2D eigenvalue weighted by Gasteiger charge is 2.28. The first kappa shape index (κ1) is 22.7. The van der Waals surface area contributed by atoms with Crippen LogP contribution in [0.2, 0.25) is 0 Å². The Labute approximate surface area is 201 Å². The van der Waals surface area contributed by atoms with E-state index in [0.717, 1.165) is 50.3 Å². The second-order valence-electron chi connectivity index (χ2n) is 9.88. The fraction of sp³-hybridized carbons (Fsp3) is 0.481. The highest BCUT2D eigenvalue weighted by molar-refractivity contribution is 6.00. The molecule has 2 amide bonds. The molecule has 1 unspecified atom stereocenters. The largest absolute Gasteiger partial charge is 0.399 e. The minimum absolute atomic E-state index is 0.165. The zero-order valence-electron chi connectivity index (χ0n) is 19.7. The third kappa shape index (κ3) is 5.20. The van der Waals surface area contributed by atoms with Crippen LogP contribution in [0.1, 0.15) is 50.0 Å². The number of carbonyl (C=O) groups is 2. The smallest absolute Gasteiger partial charge is 0.234 e. The zero-order chi connectivity index (χ0) is 23.5. The molecular formula is C27H35N5O2. The van der Waals surface area contributed by atoms with E-state index in [2.05, 4.69) is 56.8 Å². The number of benzene rings is 2. The predicted molar refractivity (Wildman–Crippen MR) is 136 cm³/mol. The van der Waals surface area contributed by atoms with Crippen molar-refractivity contribution in [1.29, 1.82) is 0 Å². The summed E-state index contributed by atoms with van der Waals surface area (Å²) < 4.78 is 0. The van der Waals surface area contributed by atoms with Crippen molar-refractivity contribution in [2.45, 2.75) is 56.5 Å². The van der Waals surface area contributed by atoms with E-state index in [1.54, 1.807) is 0 Å². The Morgan fingerprint density at radius 3 is 1.74 bits per heavy atom. The summed E-state index contributed by atoms with van der Waals surface area (Å²) >= 11 is 0. The molecule has 7 nitrogen and oxygen atoms in total. The third-order valence-corrected chi connectivity index (χ3v) is 7.62. The molecule has 0 bridgehead atoms. The average Bonchev–Trinajstić information content (AvgIpc) is 2.86. The highest BCUT2D eigenvalue weighted by atomic mass is 16.2. The molecule has 1 atom stereocenters. The van der Waals surface area contributed by atoms with Crippen molar-refractivity contribution < 1.29 is 9.59 Å². The van der Waals surface area contributed by atoms with Crippen molar-refractivity contribution in [3.63, 3.8) is 0 Å². The number of anilines is 3. The fourth-order valence-electron chi connectivity index (χ4n) is 5.56. The summed E-state index contributed by atoms with van der Waals surface area (Å²) in [6, 6.07) is 17.7. The van der Waals surface area contributed by atoms with Gasteiger partial charge in [0, 0.05) is 61.7 Å². The maximum absolute atomic E-state index is 12.1. The van der Waals surface area contributed by atoms with Crippen LogP contribution in [0.3, 0.4) is 0 Å². The molecule has 3 aliphatic rings. The summed E-state index contributed by atoms with van der Waals surface area (Å²) in [6.45, 7) is 4.25. The van der Waals surface area contributed by atoms with E-state index in [1.807, 2.05) is 12.1 Å². The summed E-state index contributed by atoms with van der Waals surface area (Å²) in [5.41, 5.74) is 10.1. The summed E-state index contributed by atoms with van der Waals surface area (Å²) in [6.07, 6.45) is 5.65. The van der Waals surface area contributed by atoms with E-state index in [1.165, 1.54) is 24.2 Å². The van der Waals surface area contributed by atoms with Crippen LogP contribution in [0.15, 0.2) is 48.5 Å². The summed E-state index contributed by atoms with van der Waals surface area (Å²) in [5.74, 6) is -0.551. The Balaban J connectivity index is 1.07. The number of amides is 2. The fourth-order valence-corrected chi connectivity index (χ4v) is 5.56. The van der Waals surface area contributed by atoms with E-state index in [4.69, 9.17) is 5.73 Å². The molecule has 34 heavy (non-hydrogen) atoms. The number of rotatable bonds is 5. The summed E-state index contributed by atoms with van der Waals surface area (Å²) in [5, 5.41) is 6.38. The van der Waals surface area contributed by atoms with E-state index in [9.17, 15) is 9.59 Å². The number of hydrogen-bond donors (Lipinski definition) is 3. The Morgan fingerprint density at radius 1 is 0.735 bits per heavy atom. The van der Waals surface area contributed by atoms with Gasteiger partial charge in [-0.1, -0.05) is 12.1 Å². The van der Waals surface area contributed by atoms with Crippen LogP contribution >= 0.6 is 0 Å². The van der Waals surface area contributed by atoms with Gasteiger partial charge in [0.05, 0.1) is 5.92 Å². The predicted octanol–water partition coefficient (Wildman–Crippen LogP) is 3.02. The molecule has 0 aromatic heterocycles. The Morgan fingerprint density at radius 2 is 1.24 bits per heavy atom. The summed E-state index contributed by atoms with van der Waals surface area (Å²) in [4.78, 5) is 28.4. The number of nitrogens with zero attached hydrogens (tertiary/aromatic N) is 2. The molecule has 2 aromatic rings. The van der Waals surface area contributed by atoms with Crippen molar-refractivity contribution in [3.8, 4) is 0 Å². The Bertz CT molecular complexity index is 991. The van der Waals surface area contributed by atoms with Gasteiger partial charge in [0.2, 0.25) is 11.8 Å². The van der Waals surface area contributed by atoms with Gasteiger partial charge in [-0.05, 0) is 74.1 Å². The molecule has 0 aliphatic carbocycles. The van der Waals surface area contributed by atoms with Crippen molar-refractivity contribution in [1.82, 2.24) is 10.6 Å². The van der Waals surface area contributed by atoms with Crippen molar-refractivity contribution in [2.75, 3.05) is 41.7 Å². The van der Waals surface area contributed by atoms with Crippen LogP contribution in [0.4, 0.5) is 17.1 Å². The minimum atomic E-state index is -0.215. The molecule has 3 fully saturated rings. The van der Waals surface area contributed by atoms with Gasteiger partial charge in [-0.3, -0.25) is 14.9 Å². The molecule has 7 heteroatoms. The van der Waals surface area contributed by atoms with Crippen LogP contribution in [0.5, 0.6) is 0 Å². The quantitative estimate of drug-likeness (QED) is 0.468. The Hall–Kier alpha value is -3.06. The van der Waals surface area contributed by atoms with Crippen molar-refractivity contribution in [2.24, 2.45) is 0 Å². The van der Waals surface area contributed by atoms with E-state index in [0.29, 0.717) is 24.9 Å². The monoisotopic (exact) mass is 461 g/mol. The average molecular weight is 462 g/mol. The highest BCUT2D eigenvalue weighted by Crippen LogP contribution is 2.28. The lowest BCUT2D eigenvalue weighted by atomic mass is 9.90. The lowest BCUT2D eigenvalue weighted by Crippen LogP contribution is -2.50. The number of nitrogens with one attached hydrogen (secondary N) is 2. The number of piperidine rings is 3. The molecule has 5 rings (SSSR count). The van der Waals surface area contributed by atoms with Crippen LogP contribution in [0.25, 0.3) is 0 Å². The van der Waals surface area contributed by atoms with Crippen molar-refractivity contribution in [3.05, 3.63) is 54.1 Å². The molecule has 0 radical (unpaired) electrons. The number of carbonyl (C=O) groups excluding carboxylic acids is 2. The van der Waals surface area contributed by atoms with Gasteiger partial charge < -0.3 is 20.9 Å². The maximum atomic E-state index is 12.1. The van der Waals surface area contributed by atoms with E-state index >= 15 is 0 Å². The summed E-state index contributed by atoms with van der Waals surface area (Å²) in [7, 11) is 0. The van der Waals surface area contributed by atoms with Gasteiger partial charge in [0.15, 0.2) is 0 Å². The van der Waals surface area contributed by atoms with Crippen LogP contribution in [0, 0.1) is 0 Å². The van der Waals surface area contributed by atoms with Crippen molar-refractivity contribution >= 4 is 28.9 Å². The minimum Gasteiger partial charge on any atom is -0.399 e.